The minimum absolute atomic E-state index is 0.119. The largest absolute Gasteiger partial charge is 0.496 e. The molecule has 1 atom stereocenters. The molecule has 1 nitrogen and oxygen atoms in total. The van der Waals surface area contributed by atoms with Crippen molar-refractivity contribution >= 4 is 22.5 Å². The number of benzene rings is 1. The van der Waals surface area contributed by atoms with Crippen molar-refractivity contribution in [2.24, 2.45) is 0 Å². The Balaban J connectivity index is 3.07. The lowest BCUT2D eigenvalue weighted by Crippen LogP contribution is -1.94. The summed E-state index contributed by atoms with van der Waals surface area (Å²) in [6.45, 7) is 1.95. The minimum Gasteiger partial charge on any atom is -0.496 e. The van der Waals surface area contributed by atoms with E-state index in [4.69, 9.17) is 4.74 Å². The molecule has 0 heterocycles. The van der Waals surface area contributed by atoms with Crippen molar-refractivity contribution in [3.05, 3.63) is 29.6 Å². The Morgan fingerprint density at radius 1 is 1.54 bits per heavy atom. The lowest BCUT2D eigenvalue weighted by Gasteiger charge is -2.12. The number of halogens is 1. The predicted octanol–water partition coefficient (Wildman–Crippen LogP) is 3.47. The van der Waals surface area contributed by atoms with Crippen LogP contribution in [0, 0.1) is 5.82 Å². The van der Waals surface area contributed by atoms with Gasteiger partial charge in [0.15, 0.2) is 0 Å². The van der Waals surface area contributed by atoms with Crippen LogP contribution in [0.25, 0.3) is 0 Å². The topological polar surface area (TPSA) is 9.23 Å². The van der Waals surface area contributed by atoms with E-state index < -0.39 is 0 Å². The average molecular weight is 218 g/mol. The number of hydrogen-bond donors (Lipinski definition) is 1. The molecule has 1 unspecified atom stereocenters. The Hall–Kier alpha value is -0.350. The monoisotopic (exact) mass is 218 g/mol. The summed E-state index contributed by atoms with van der Waals surface area (Å²) >= 11 is 4.09. The number of ether oxygens (including phenoxy) is 1. The highest BCUT2D eigenvalue weighted by Gasteiger charge is 2.11. The minimum atomic E-state index is -0.245. The Bertz CT molecular complexity index is 291. The zero-order valence-electron chi connectivity index (χ0n) is 7.45. The summed E-state index contributed by atoms with van der Waals surface area (Å²) in [5.74, 6) is 0.459. The molecule has 1 aromatic rings. The highest BCUT2D eigenvalue weighted by molar-refractivity contribution is 8.68. The maximum absolute atomic E-state index is 12.9. The molecule has 0 bridgehead atoms. The van der Waals surface area contributed by atoms with Crippen molar-refractivity contribution in [3.63, 3.8) is 0 Å². The summed E-state index contributed by atoms with van der Waals surface area (Å²) < 4.78 is 18.0. The van der Waals surface area contributed by atoms with Crippen molar-refractivity contribution in [3.8, 4) is 5.75 Å². The van der Waals surface area contributed by atoms with Gasteiger partial charge in [-0.25, -0.2) is 4.39 Å². The van der Waals surface area contributed by atoms with Crippen LogP contribution >= 0.6 is 22.5 Å². The van der Waals surface area contributed by atoms with Gasteiger partial charge in [-0.1, -0.05) is 10.8 Å². The molecule has 0 saturated carbocycles. The summed E-state index contributed by atoms with van der Waals surface area (Å²) in [5, 5.41) is 0.119. The molecule has 0 amide bonds. The first-order valence-corrected chi connectivity index (χ1v) is 5.76. The second-order valence-electron chi connectivity index (χ2n) is 2.63. The first kappa shape index (κ1) is 10.7. The molecule has 0 saturated heterocycles. The summed E-state index contributed by atoms with van der Waals surface area (Å²) in [4.78, 5) is 0. The van der Waals surface area contributed by atoms with Crippen LogP contribution in [0.15, 0.2) is 18.2 Å². The Morgan fingerprint density at radius 3 is 2.77 bits per heavy atom. The van der Waals surface area contributed by atoms with Crippen LogP contribution in [0.4, 0.5) is 4.39 Å². The van der Waals surface area contributed by atoms with Crippen LogP contribution in [-0.2, 0) is 0 Å². The molecular weight excluding hydrogens is 207 g/mol. The van der Waals surface area contributed by atoms with Crippen molar-refractivity contribution in [1.29, 1.82) is 0 Å². The summed E-state index contributed by atoms with van der Waals surface area (Å²) in [6, 6.07) is 4.50. The summed E-state index contributed by atoms with van der Waals surface area (Å²) in [7, 11) is 2.94. The highest BCUT2D eigenvalue weighted by Crippen LogP contribution is 2.36. The molecule has 72 valence electrons. The summed E-state index contributed by atoms with van der Waals surface area (Å²) in [6.07, 6.45) is 0. The third-order valence-electron chi connectivity index (χ3n) is 1.79. The molecule has 0 fully saturated rings. The molecule has 1 aromatic carbocycles. The van der Waals surface area contributed by atoms with Gasteiger partial charge >= 0.3 is 0 Å². The first-order valence-electron chi connectivity index (χ1n) is 3.82. The zero-order chi connectivity index (χ0) is 9.84. The highest BCUT2D eigenvalue weighted by atomic mass is 33.1. The van der Waals surface area contributed by atoms with Crippen LogP contribution in [0.3, 0.4) is 0 Å². The van der Waals surface area contributed by atoms with E-state index in [0.717, 1.165) is 5.56 Å². The van der Waals surface area contributed by atoms with Crippen molar-refractivity contribution in [2.75, 3.05) is 7.11 Å². The van der Waals surface area contributed by atoms with E-state index in [2.05, 4.69) is 11.7 Å². The van der Waals surface area contributed by atoms with Gasteiger partial charge in [-0.05, 0) is 25.1 Å². The van der Waals surface area contributed by atoms with Crippen LogP contribution in [0.5, 0.6) is 5.75 Å². The summed E-state index contributed by atoms with van der Waals surface area (Å²) in [5.41, 5.74) is 0.836. The average Bonchev–Trinajstić information content (AvgIpc) is 2.16. The maximum Gasteiger partial charge on any atom is 0.123 e. The fourth-order valence-electron chi connectivity index (χ4n) is 1.08. The zero-order valence-corrected chi connectivity index (χ0v) is 9.16. The van der Waals surface area contributed by atoms with Gasteiger partial charge in [0.2, 0.25) is 0 Å². The standard InChI is InChI=1S/C9H11FOS2/c1-6(13-12)8-5-7(10)3-4-9(8)11-2/h3-6,12H,1-2H3. The normalized spacial score (nSPS) is 12.6. The molecular formula is C9H11FOS2. The van der Waals surface area contributed by atoms with Gasteiger partial charge in [0.25, 0.3) is 0 Å². The van der Waals surface area contributed by atoms with Crippen molar-refractivity contribution < 1.29 is 9.13 Å². The molecule has 13 heavy (non-hydrogen) atoms. The molecule has 0 N–H and O–H groups in total. The van der Waals surface area contributed by atoms with E-state index in [1.54, 1.807) is 13.2 Å². The van der Waals surface area contributed by atoms with E-state index in [9.17, 15) is 4.39 Å². The Morgan fingerprint density at radius 2 is 2.23 bits per heavy atom. The predicted molar refractivity (Wildman–Crippen MR) is 57.9 cm³/mol. The van der Waals surface area contributed by atoms with E-state index >= 15 is 0 Å². The Kier molecular flexibility index (Phi) is 3.93. The van der Waals surface area contributed by atoms with Gasteiger partial charge in [0.1, 0.15) is 11.6 Å². The van der Waals surface area contributed by atoms with Crippen LogP contribution in [-0.4, -0.2) is 7.11 Å². The van der Waals surface area contributed by atoms with Crippen LogP contribution < -0.4 is 4.74 Å². The van der Waals surface area contributed by atoms with Gasteiger partial charge in [0.05, 0.1) is 7.11 Å². The van der Waals surface area contributed by atoms with Gasteiger partial charge < -0.3 is 4.74 Å². The SMILES string of the molecule is COc1ccc(F)cc1C(C)SS. The van der Waals surface area contributed by atoms with Crippen molar-refractivity contribution in [1.82, 2.24) is 0 Å². The van der Waals surface area contributed by atoms with Gasteiger partial charge in [-0.3, -0.25) is 0 Å². The van der Waals surface area contributed by atoms with Crippen LogP contribution in [0.2, 0.25) is 0 Å². The van der Waals surface area contributed by atoms with E-state index in [0.29, 0.717) is 5.75 Å². The molecule has 0 radical (unpaired) electrons. The second kappa shape index (κ2) is 4.77. The van der Waals surface area contributed by atoms with E-state index in [1.165, 1.54) is 22.9 Å². The van der Waals surface area contributed by atoms with E-state index in [-0.39, 0.29) is 11.1 Å². The quantitative estimate of drug-likeness (QED) is 0.614. The third-order valence-corrected chi connectivity index (χ3v) is 3.31. The molecule has 0 aromatic heterocycles. The van der Waals surface area contributed by atoms with Gasteiger partial charge in [0, 0.05) is 10.8 Å². The fourth-order valence-corrected chi connectivity index (χ4v) is 1.72. The second-order valence-corrected chi connectivity index (χ2v) is 4.18. The third kappa shape index (κ3) is 2.54. The lowest BCUT2D eigenvalue weighted by molar-refractivity contribution is 0.408. The molecule has 0 aliphatic heterocycles. The van der Waals surface area contributed by atoms with Gasteiger partial charge in [-0.15, -0.1) is 11.7 Å². The number of hydrogen-bond acceptors (Lipinski definition) is 3. The van der Waals surface area contributed by atoms with Crippen LogP contribution in [0.1, 0.15) is 17.7 Å². The molecule has 4 heteroatoms. The molecule has 0 aliphatic carbocycles. The van der Waals surface area contributed by atoms with E-state index in [1.807, 2.05) is 6.92 Å². The van der Waals surface area contributed by atoms with Crippen molar-refractivity contribution in [2.45, 2.75) is 12.2 Å². The lowest BCUT2D eigenvalue weighted by atomic mass is 10.1. The number of methoxy groups -OCH3 is 1. The number of rotatable bonds is 3. The maximum atomic E-state index is 12.9. The molecule has 0 aliphatic rings. The smallest absolute Gasteiger partial charge is 0.123 e. The fraction of sp³-hybridized carbons (Fsp3) is 0.333. The van der Waals surface area contributed by atoms with Gasteiger partial charge in [-0.2, -0.15) is 0 Å². The first-order chi connectivity index (χ1) is 6.19. The molecule has 0 spiro atoms. The molecule has 1 rings (SSSR count). The Labute approximate surface area is 86.5 Å². The number of thiol groups is 1.